The second-order valence-electron chi connectivity index (χ2n) is 3.40. The summed E-state index contributed by atoms with van der Waals surface area (Å²) in [5.41, 5.74) is -2.28. The van der Waals surface area contributed by atoms with E-state index in [-0.39, 0.29) is 10.0 Å². The lowest BCUT2D eigenvalue weighted by Crippen LogP contribution is -2.26. The summed E-state index contributed by atoms with van der Waals surface area (Å²) in [6.45, 7) is 2.21. The Morgan fingerprint density at radius 3 is 2.50 bits per heavy atom. The maximum atomic E-state index is 13.3. The van der Waals surface area contributed by atoms with Gasteiger partial charge in [0.25, 0.3) is 0 Å². The van der Waals surface area contributed by atoms with E-state index in [4.69, 9.17) is 0 Å². The zero-order valence-corrected chi connectivity index (χ0v) is 9.36. The monoisotopic (exact) mass is 262 g/mol. The molecular weight excluding hydrogens is 254 g/mol. The van der Waals surface area contributed by atoms with E-state index < -0.39 is 17.3 Å². The average molecular weight is 263 g/mol. The Kier molecular flexibility index (Phi) is 3.04. The number of rotatable bonds is 2. The fourth-order valence-corrected chi connectivity index (χ4v) is 1.37. The maximum absolute atomic E-state index is 13.3. The van der Waals surface area contributed by atoms with E-state index in [2.05, 4.69) is 15.9 Å². The van der Waals surface area contributed by atoms with Gasteiger partial charge in [0, 0.05) is 0 Å². The number of halogens is 3. The van der Waals surface area contributed by atoms with E-state index in [0.29, 0.717) is 0 Å². The summed E-state index contributed by atoms with van der Waals surface area (Å²) >= 11 is 2.93. The highest BCUT2D eigenvalue weighted by molar-refractivity contribution is 9.10. The van der Waals surface area contributed by atoms with Crippen LogP contribution in [0.2, 0.25) is 0 Å². The molecule has 0 aliphatic rings. The molecule has 0 amide bonds. The summed E-state index contributed by atoms with van der Waals surface area (Å²) in [6, 6.07) is 4.22. The number of ketones is 1. The van der Waals surface area contributed by atoms with Crippen LogP contribution >= 0.6 is 15.9 Å². The molecular formula is C10H9BrF2O. The zero-order valence-electron chi connectivity index (χ0n) is 7.77. The molecule has 0 unspecified atom stereocenters. The molecule has 0 atom stereocenters. The van der Waals surface area contributed by atoms with Gasteiger partial charge in [-0.05, 0) is 41.9 Å². The van der Waals surface area contributed by atoms with Crippen LogP contribution in [-0.4, -0.2) is 11.5 Å². The molecule has 1 aromatic carbocycles. The molecule has 0 saturated carbocycles. The van der Waals surface area contributed by atoms with Crippen molar-refractivity contribution in [2.45, 2.75) is 19.5 Å². The van der Waals surface area contributed by atoms with Gasteiger partial charge < -0.3 is 0 Å². The van der Waals surface area contributed by atoms with Gasteiger partial charge in [-0.25, -0.2) is 8.78 Å². The molecule has 0 radical (unpaired) electrons. The third-order valence-corrected chi connectivity index (χ3v) is 2.35. The first kappa shape index (κ1) is 11.3. The van der Waals surface area contributed by atoms with Crippen LogP contribution in [0.3, 0.4) is 0 Å². The van der Waals surface area contributed by atoms with Crippen molar-refractivity contribution in [2.75, 3.05) is 0 Å². The van der Waals surface area contributed by atoms with Crippen molar-refractivity contribution in [3.63, 3.8) is 0 Å². The van der Waals surface area contributed by atoms with Crippen LogP contribution in [0, 0.1) is 5.82 Å². The molecule has 76 valence electrons. The summed E-state index contributed by atoms with van der Waals surface area (Å²) in [6.07, 6.45) is 0. The van der Waals surface area contributed by atoms with Crippen LogP contribution in [-0.2, 0) is 0 Å². The van der Waals surface area contributed by atoms with E-state index in [1.807, 2.05) is 0 Å². The Bertz CT molecular complexity index is 369. The molecule has 14 heavy (non-hydrogen) atoms. The molecule has 0 fully saturated rings. The Labute approximate surface area is 89.3 Å². The lowest BCUT2D eigenvalue weighted by Gasteiger charge is -2.13. The first-order valence-electron chi connectivity index (χ1n) is 4.02. The Morgan fingerprint density at radius 1 is 1.43 bits per heavy atom. The Hall–Kier alpha value is -0.770. The molecule has 1 rings (SSSR count). The van der Waals surface area contributed by atoms with Gasteiger partial charge in [0.1, 0.15) is 5.82 Å². The number of carbonyl (C=O) groups excluding carboxylic acids is 1. The van der Waals surface area contributed by atoms with Crippen molar-refractivity contribution >= 4 is 21.7 Å². The summed E-state index contributed by atoms with van der Waals surface area (Å²) in [5, 5.41) is 0. The largest absolute Gasteiger partial charge is 0.290 e. The highest BCUT2D eigenvalue weighted by Gasteiger charge is 2.30. The topological polar surface area (TPSA) is 17.1 Å². The summed E-state index contributed by atoms with van der Waals surface area (Å²) in [7, 11) is 0. The number of carbonyl (C=O) groups is 1. The van der Waals surface area contributed by atoms with Crippen LogP contribution in [0.1, 0.15) is 24.2 Å². The van der Waals surface area contributed by atoms with Gasteiger partial charge >= 0.3 is 0 Å². The van der Waals surface area contributed by atoms with Crippen molar-refractivity contribution in [1.82, 2.24) is 0 Å². The normalized spacial score (nSPS) is 11.5. The number of hydrogen-bond donors (Lipinski definition) is 0. The van der Waals surface area contributed by atoms with Gasteiger partial charge in [-0.1, -0.05) is 6.07 Å². The number of Topliss-reactive ketones (excluding diaryl/α,β-unsaturated/α-hetero) is 1. The van der Waals surface area contributed by atoms with Gasteiger partial charge in [0.15, 0.2) is 5.67 Å². The lowest BCUT2D eigenvalue weighted by molar-refractivity contribution is 0.0755. The molecule has 4 heteroatoms. The van der Waals surface area contributed by atoms with Crippen LogP contribution < -0.4 is 0 Å². The number of alkyl halides is 1. The Balaban J connectivity index is 3.21. The zero-order chi connectivity index (χ0) is 10.9. The van der Waals surface area contributed by atoms with E-state index in [1.165, 1.54) is 18.2 Å². The third-order valence-electron chi connectivity index (χ3n) is 1.74. The van der Waals surface area contributed by atoms with E-state index >= 15 is 0 Å². The van der Waals surface area contributed by atoms with Gasteiger partial charge in [-0.3, -0.25) is 4.79 Å². The Morgan fingerprint density at radius 2 is 2.00 bits per heavy atom. The van der Waals surface area contributed by atoms with E-state index in [0.717, 1.165) is 13.8 Å². The van der Waals surface area contributed by atoms with Crippen LogP contribution in [0.25, 0.3) is 0 Å². The summed E-state index contributed by atoms with van der Waals surface area (Å²) in [5.74, 6) is -1.57. The summed E-state index contributed by atoms with van der Waals surface area (Å²) < 4.78 is 26.8. The number of benzene rings is 1. The van der Waals surface area contributed by atoms with Crippen LogP contribution in [0.5, 0.6) is 0 Å². The number of hydrogen-bond acceptors (Lipinski definition) is 1. The molecule has 0 saturated heterocycles. The van der Waals surface area contributed by atoms with E-state index in [1.54, 1.807) is 0 Å². The maximum Gasteiger partial charge on any atom is 0.202 e. The predicted octanol–water partition coefficient (Wildman–Crippen LogP) is 3.52. The highest BCUT2D eigenvalue weighted by Crippen LogP contribution is 2.23. The predicted molar refractivity (Wildman–Crippen MR) is 53.6 cm³/mol. The molecule has 1 nitrogen and oxygen atoms in total. The highest BCUT2D eigenvalue weighted by atomic mass is 79.9. The van der Waals surface area contributed by atoms with Gasteiger partial charge in [0.2, 0.25) is 5.78 Å². The minimum absolute atomic E-state index is 0.160. The molecule has 0 aromatic heterocycles. The van der Waals surface area contributed by atoms with Crippen molar-refractivity contribution in [3.05, 3.63) is 34.1 Å². The molecule has 0 heterocycles. The molecule has 0 N–H and O–H groups in total. The average Bonchev–Trinajstić information content (AvgIpc) is 2.07. The van der Waals surface area contributed by atoms with Crippen LogP contribution in [0.4, 0.5) is 8.78 Å². The van der Waals surface area contributed by atoms with Crippen molar-refractivity contribution in [1.29, 1.82) is 0 Å². The van der Waals surface area contributed by atoms with Crippen molar-refractivity contribution < 1.29 is 13.6 Å². The fraction of sp³-hybridized carbons (Fsp3) is 0.300. The molecule has 0 bridgehead atoms. The molecule has 0 aliphatic heterocycles. The quantitative estimate of drug-likeness (QED) is 0.746. The molecule has 1 aromatic rings. The summed E-state index contributed by atoms with van der Waals surface area (Å²) in [4.78, 5) is 11.4. The van der Waals surface area contributed by atoms with Crippen LogP contribution in [0.15, 0.2) is 22.7 Å². The standard InChI is InChI=1S/C10H9BrF2O/c1-10(2,13)9(14)6-4-3-5-7(11)8(6)12/h3-5H,1-2H3. The minimum Gasteiger partial charge on any atom is -0.290 e. The lowest BCUT2D eigenvalue weighted by atomic mass is 9.98. The molecule has 0 spiro atoms. The SMILES string of the molecule is CC(C)(F)C(=O)c1cccc(Br)c1F. The van der Waals surface area contributed by atoms with Gasteiger partial charge in [-0.15, -0.1) is 0 Å². The third kappa shape index (κ3) is 2.18. The fourth-order valence-electron chi connectivity index (χ4n) is 0.999. The minimum atomic E-state index is -2.05. The first-order valence-corrected chi connectivity index (χ1v) is 4.81. The smallest absolute Gasteiger partial charge is 0.202 e. The molecule has 0 aliphatic carbocycles. The van der Waals surface area contributed by atoms with E-state index in [9.17, 15) is 13.6 Å². The second-order valence-corrected chi connectivity index (χ2v) is 4.26. The van der Waals surface area contributed by atoms with Crippen molar-refractivity contribution in [3.8, 4) is 0 Å². The van der Waals surface area contributed by atoms with Crippen molar-refractivity contribution in [2.24, 2.45) is 0 Å². The first-order chi connectivity index (χ1) is 6.34. The van der Waals surface area contributed by atoms with Gasteiger partial charge in [-0.2, -0.15) is 0 Å². The van der Waals surface area contributed by atoms with Gasteiger partial charge in [0.05, 0.1) is 10.0 Å². The second kappa shape index (κ2) is 3.77.